The van der Waals surface area contributed by atoms with Gasteiger partial charge in [-0.25, -0.2) is 0 Å². The maximum atomic E-state index is 12.4. The standard InChI is InChI=1S/C18H20Cl2N2O3/c1-3-17(9-8-13(23)22-15(17)25)11-4-6-12(7-5-11)21-14(24)16(2)10-18(16,19)20/h4-7H,3,8-10H2,1-2H3,(H,21,24)(H,22,23,25)/t16-,17+/m1/s1. The Balaban J connectivity index is 1.77. The van der Waals surface area contributed by atoms with Gasteiger partial charge in [0, 0.05) is 12.1 Å². The number of rotatable bonds is 4. The van der Waals surface area contributed by atoms with E-state index in [2.05, 4.69) is 10.6 Å². The molecule has 134 valence electrons. The van der Waals surface area contributed by atoms with E-state index >= 15 is 0 Å². The molecule has 1 aliphatic carbocycles. The summed E-state index contributed by atoms with van der Waals surface area (Å²) in [6.07, 6.45) is 1.82. The summed E-state index contributed by atoms with van der Waals surface area (Å²) in [6.45, 7) is 3.66. The van der Waals surface area contributed by atoms with Crippen LogP contribution in [0.15, 0.2) is 24.3 Å². The van der Waals surface area contributed by atoms with Crippen LogP contribution in [0.4, 0.5) is 5.69 Å². The Labute approximate surface area is 156 Å². The number of amides is 3. The van der Waals surface area contributed by atoms with Gasteiger partial charge in [0.1, 0.15) is 4.33 Å². The van der Waals surface area contributed by atoms with E-state index in [0.29, 0.717) is 31.4 Å². The smallest absolute Gasteiger partial charge is 0.237 e. The van der Waals surface area contributed by atoms with Crippen molar-refractivity contribution in [2.45, 2.75) is 49.3 Å². The molecule has 3 amide bonds. The molecule has 1 aromatic carbocycles. The van der Waals surface area contributed by atoms with E-state index in [4.69, 9.17) is 23.2 Å². The fraction of sp³-hybridized carbons (Fsp3) is 0.500. The summed E-state index contributed by atoms with van der Waals surface area (Å²) >= 11 is 12.1. The second kappa shape index (κ2) is 5.99. The largest absolute Gasteiger partial charge is 0.326 e. The number of imide groups is 1. The lowest BCUT2D eigenvalue weighted by molar-refractivity contribution is -0.138. The molecule has 2 aliphatic rings. The number of carbonyl (C=O) groups excluding carboxylic acids is 3. The summed E-state index contributed by atoms with van der Waals surface area (Å²) < 4.78 is -1.02. The minimum absolute atomic E-state index is 0.225. The zero-order chi connectivity index (χ0) is 18.5. The van der Waals surface area contributed by atoms with E-state index in [1.807, 2.05) is 19.1 Å². The predicted molar refractivity (Wildman–Crippen MR) is 96.6 cm³/mol. The first kappa shape index (κ1) is 18.2. The summed E-state index contributed by atoms with van der Waals surface area (Å²) in [5.74, 6) is -0.722. The molecular weight excluding hydrogens is 363 g/mol. The lowest BCUT2D eigenvalue weighted by atomic mass is 9.72. The van der Waals surface area contributed by atoms with Crippen LogP contribution in [0.3, 0.4) is 0 Å². The topological polar surface area (TPSA) is 75.3 Å². The number of alkyl halides is 2. The van der Waals surface area contributed by atoms with Gasteiger partial charge in [0.25, 0.3) is 0 Å². The van der Waals surface area contributed by atoms with Gasteiger partial charge in [0.15, 0.2) is 0 Å². The molecule has 0 unspecified atom stereocenters. The highest BCUT2D eigenvalue weighted by Crippen LogP contribution is 2.64. The molecule has 5 nitrogen and oxygen atoms in total. The molecule has 1 heterocycles. The molecule has 0 radical (unpaired) electrons. The second-order valence-electron chi connectivity index (χ2n) is 7.06. The molecule has 1 saturated heterocycles. The van der Waals surface area contributed by atoms with Gasteiger partial charge in [-0.15, -0.1) is 23.2 Å². The van der Waals surface area contributed by atoms with E-state index in [0.717, 1.165) is 5.56 Å². The summed E-state index contributed by atoms with van der Waals surface area (Å²) in [5, 5.41) is 5.24. The molecule has 0 aromatic heterocycles. The maximum Gasteiger partial charge on any atom is 0.237 e. The molecule has 1 aromatic rings. The summed E-state index contributed by atoms with van der Waals surface area (Å²) in [6, 6.07) is 7.14. The van der Waals surface area contributed by atoms with E-state index in [1.165, 1.54) is 0 Å². The minimum Gasteiger partial charge on any atom is -0.326 e. The number of nitrogens with one attached hydrogen (secondary N) is 2. The molecule has 2 N–H and O–H groups in total. The maximum absolute atomic E-state index is 12.4. The van der Waals surface area contributed by atoms with Crippen LogP contribution in [0.5, 0.6) is 0 Å². The van der Waals surface area contributed by atoms with Gasteiger partial charge < -0.3 is 5.32 Å². The number of carbonyl (C=O) groups is 3. The minimum atomic E-state index is -1.02. The first-order valence-corrected chi connectivity index (χ1v) is 9.04. The highest BCUT2D eigenvalue weighted by atomic mass is 35.5. The molecule has 1 saturated carbocycles. The Morgan fingerprint density at radius 3 is 2.32 bits per heavy atom. The summed E-state index contributed by atoms with van der Waals surface area (Å²) in [7, 11) is 0. The zero-order valence-corrected chi connectivity index (χ0v) is 15.6. The van der Waals surface area contributed by atoms with Crippen LogP contribution < -0.4 is 10.6 Å². The molecule has 2 atom stereocenters. The first-order valence-electron chi connectivity index (χ1n) is 8.29. The molecule has 2 fully saturated rings. The summed E-state index contributed by atoms with van der Waals surface area (Å²) in [5.41, 5.74) is -0.0483. The van der Waals surface area contributed by atoms with Crippen molar-refractivity contribution in [3.63, 3.8) is 0 Å². The fourth-order valence-corrected chi connectivity index (χ4v) is 4.06. The van der Waals surface area contributed by atoms with Crippen molar-refractivity contribution >= 4 is 46.6 Å². The third-order valence-corrected chi connectivity index (χ3v) is 6.63. The molecule has 7 heteroatoms. The number of hydrogen-bond acceptors (Lipinski definition) is 3. The zero-order valence-electron chi connectivity index (χ0n) is 14.1. The number of anilines is 1. The van der Waals surface area contributed by atoms with Crippen molar-refractivity contribution in [2.75, 3.05) is 5.32 Å². The van der Waals surface area contributed by atoms with Crippen LogP contribution in [-0.4, -0.2) is 22.1 Å². The van der Waals surface area contributed by atoms with Crippen molar-refractivity contribution in [1.82, 2.24) is 5.32 Å². The van der Waals surface area contributed by atoms with Crippen LogP contribution in [0.2, 0.25) is 0 Å². The van der Waals surface area contributed by atoms with E-state index in [9.17, 15) is 14.4 Å². The van der Waals surface area contributed by atoms with Crippen molar-refractivity contribution in [2.24, 2.45) is 5.41 Å². The highest BCUT2D eigenvalue weighted by molar-refractivity contribution is 6.53. The van der Waals surface area contributed by atoms with Gasteiger partial charge in [-0.3, -0.25) is 19.7 Å². The third-order valence-electron chi connectivity index (χ3n) is 5.52. The molecule has 25 heavy (non-hydrogen) atoms. The van der Waals surface area contributed by atoms with Crippen molar-refractivity contribution in [1.29, 1.82) is 0 Å². The Morgan fingerprint density at radius 2 is 1.84 bits per heavy atom. The van der Waals surface area contributed by atoms with Gasteiger partial charge in [0.2, 0.25) is 17.7 Å². The molecular formula is C18H20Cl2N2O3. The van der Waals surface area contributed by atoms with Gasteiger partial charge in [-0.1, -0.05) is 19.1 Å². The lowest BCUT2D eigenvalue weighted by Gasteiger charge is -2.35. The monoisotopic (exact) mass is 382 g/mol. The molecule has 0 bridgehead atoms. The first-order chi connectivity index (χ1) is 11.6. The van der Waals surface area contributed by atoms with Gasteiger partial charge in [-0.05, 0) is 43.9 Å². The van der Waals surface area contributed by atoms with Crippen LogP contribution in [0.1, 0.15) is 45.1 Å². The quantitative estimate of drug-likeness (QED) is 0.619. The Morgan fingerprint density at radius 1 is 1.24 bits per heavy atom. The normalized spacial score (nSPS) is 30.6. The SMILES string of the molecule is CC[C@@]1(c2ccc(NC(=O)[C@@]3(C)CC3(Cl)Cl)cc2)CCC(=O)NC1=O. The second-order valence-corrected chi connectivity index (χ2v) is 8.54. The van der Waals surface area contributed by atoms with Crippen molar-refractivity contribution in [3.05, 3.63) is 29.8 Å². The Bertz CT molecular complexity index is 747. The lowest BCUT2D eigenvalue weighted by Crippen LogP contribution is -2.51. The predicted octanol–water partition coefficient (Wildman–Crippen LogP) is 3.29. The highest BCUT2D eigenvalue weighted by Gasteiger charge is 2.67. The average Bonchev–Trinajstić information content (AvgIpc) is 3.09. The van der Waals surface area contributed by atoms with Crippen LogP contribution in [0.25, 0.3) is 0 Å². The van der Waals surface area contributed by atoms with Gasteiger partial charge >= 0.3 is 0 Å². The van der Waals surface area contributed by atoms with Crippen LogP contribution >= 0.6 is 23.2 Å². The Kier molecular flexibility index (Phi) is 4.36. The number of hydrogen-bond donors (Lipinski definition) is 2. The van der Waals surface area contributed by atoms with Crippen molar-refractivity contribution in [3.8, 4) is 0 Å². The number of benzene rings is 1. The summed E-state index contributed by atoms with van der Waals surface area (Å²) in [4.78, 5) is 36.2. The van der Waals surface area contributed by atoms with Gasteiger partial charge in [-0.2, -0.15) is 0 Å². The average molecular weight is 383 g/mol. The number of piperidine rings is 1. The number of halogens is 2. The fourth-order valence-electron chi connectivity index (χ4n) is 3.35. The van der Waals surface area contributed by atoms with Crippen molar-refractivity contribution < 1.29 is 14.4 Å². The molecule has 3 rings (SSSR count). The van der Waals surface area contributed by atoms with Gasteiger partial charge in [0.05, 0.1) is 10.8 Å². The molecule has 0 spiro atoms. The van der Waals surface area contributed by atoms with E-state index < -0.39 is 15.2 Å². The Hall–Kier alpha value is -1.59. The third kappa shape index (κ3) is 2.93. The van der Waals surface area contributed by atoms with E-state index in [-0.39, 0.29) is 17.7 Å². The van der Waals surface area contributed by atoms with E-state index in [1.54, 1.807) is 19.1 Å². The van der Waals surface area contributed by atoms with Crippen LogP contribution in [0, 0.1) is 5.41 Å². The van der Waals surface area contributed by atoms with Crippen LogP contribution in [-0.2, 0) is 19.8 Å². The molecule has 1 aliphatic heterocycles.